The molecule has 100 valence electrons. The Hall–Kier alpha value is -1.73. The van der Waals surface area contributed by atoms with Gasteiger partial charge in [0, 0.05) is 29.5 Å². The topological polar surface area (TPSA) is 97.7 Å². The number of halogens is 1. The molecule has 3 N–H and O–H groups in total. The number of rotatable bonds is 4. The highest BCUT2D eigenvalue weighted by Gasteiger charge is 2.18. The van der Waals surface area contributed by atoms with Gasteiger partial charge in [0.2, 0.25) is 0 Å². The number of carboxylic acid groups (broad SMARTS) is 1. The molecular weight excluding hydrogens is 314 g/mol. The Kier molecular flexibility index (Phi) is 3.68. The lowest BCUT2D eigenvalue weighted by Gasteiger charge is -2.05. The first-order valence-corrected chi connectivity index (χ1v) is 6.32. The molecule has 0 spiro atoms. The molecule has 1 heterocycles. The molecule has 0 aliphatic heterocycles. The van der Waals surface area contributed by atoms with Gasteiger partial charge in [-0.15, -0.1) is 4.91 Å². The summed E-state index contributed by atoms with van der Waals surface area (Å²) in [6.45, 7) is 0. The SMILES string of the molecule is Cn1cc(CC(N)C(=O)O)c2c(N=O)cc(Br)cc21. The third kappa shape index (κ3) is 2.52. The van der Waals surface area contributed by atoms with Crippen LogP contribution in [0.1, 0.15) is 5.56 Å². The third-order valence-electron chi connectivity index (χ3n) is 2.97. The maximum Gasteiger partial charge on any atom is 0.320 e. The molecule has 0 saturated carbocycles. The molecule has 19 heavy (non-hydrogen) atoms. The number of hydrogen-bond acceptors (Lipinski definition) is 4. The Morgan fingerprint density at radius 3 is 2.84 bits per heavy atom. The molecule has 0 aliphatic rings. The fourth-order valence-corrected chi connectivity index (χ4v) is 2.54. The average molecular weight is 326 g/mol. The van der Waals surface area contributed by atoms with Gasteiger partial charge in [0.05, 0.1) is 5.52 Å². The zero-order chi connectivity index (χ0) is 14.2. The van der Waals surface area contributed by atoms with Gasteiger partial charge in [-0.05, 0) is 22.9 Å². The fourth-order valence-electron chi connectivity index (χ4n) is 2.10. The van der Waals surface area contributed by atoms with E-state index >= 15 is 0 Å². The third-order valence-corrected chi connectivity index (χ3v) is 3.43. The number of hydrogen-bond donors (Lipinski definition) is 2. The standard InChI is InChI=1S/C12H12BrN3O3/c1-16-5-6(2-8(14)12(17)18)11-9(15-19)3-7(13)4-10(11)16/h3-5,8H,2,14H2,1H3,(H,17,18). The summed E-state index contributed by atoms with van der Waals surface area (Å²) in [6, 6.07) is 2.44. The number of aromatic nitrogens is 1. The van der Waals surface area contributed by atoms with Gasteiger partial charge >= 0.3 is 5.97 Å². The van der Waals surface area contributed by atoms with Gasteiger partial charge in [-0.3, -0.25) is 4.79 Å². The highest BCUT2D eigenvalue weighted by atomic mass is 79.9. The van der Waals surface area contributed by atoms with E-state index in [0.717, 1.165) is 9.99 Å². The number of nitroso groups, excluding NO2 is 1. The maximum absolute atomic E-state index is 10.9. The van der Waals surface area contributed by atoms with Crippen molar-refractivity contribution >= 4 is 38.5 Å². The Labute approximate surface area is 117 Å². The lowest BCUT2D eigenvalue weighted by molar-refractivity contribution is -0.138. The molecule has 0 aliphatic carbocycles. The molecule has 0 radical (unpaired) electrons. The number of aryl methyl sites for hydroxylation is 1. The smallest absolute Gasteiger partial charge is 0.320 e. The monoisotopic (exact) mass is 325 g/mol. The summed E-state index contributed by atoms with van der Waals surface area (Å²) in [6.07, 6.45) is 1.92. The van der Waals surface area contributed by atoms with Crippen LogP contribution >= 0.6 is 15.9 Å². The molecule has 2 rings (SSSR count). The van der Waals surface area contributed by atoms with Gasteiger partial charge < -0.3 is 15.4 Å². The summed E-state index contributed by atoms with van der Waals surface area (Å²) in [7, 11) is 1.82. The first kappa shape index (κ1) is 13.7. The largest absolute Gasteiger partial charge is 0.480 e. The van der Waals surface area contributed by atoms with Crippen LogP contribution in [0.3, 0.4) is 0 Å². The normalized spacial score (nSPS) is 12.6. The second-order valence-corrected chi connectivity index (χ2v) is 5.24. The molecule has 7 heteroatoms. The van der Waals surface area contributed by atoms with Crippen molar-refractivity contribution in [3.05, 3.63) is 33.3 Å². The summed E-state index contributed by atoms with van der Waals surface area (Å²) >= 11 is 3.31. The number of carboxylic acids is 1. The molecule has 1 aromatic heterocycles. The lowest BCUT2D eigenvalue weighted by atomic mass is 10.0. The minimum Gasteiger partial charge on any atom is -0.480 e. The quantitative estimate of drug-likeness (QED) is 0.842. The number of aliphatic carboxylic acids is 1. The van der Waals surface area contributed by atoms with Crippen molar-refractivity contribution in [2.24, 2.45) is 18.0 Å². The lowest BCUT2D eigenvalue weighted by Crippen LogP contribution is -2.32. The Bertz CT molecular complexity index is 666. The van der Waals surface area contributed by atoms with Crippen LogP contribution in [0, 0.1) is 4.91 Å². The van der Waals surface area contributed by atoms with E-state index in [1.807, 2.05) is 17.7 Å². The Morgan fingerprint density at radius 2 is 2.26 bits per heavy atom. The van der Waals surface area contributed by atoms with Crippen LogP contribution in [0.2, 0.25) is 0 Å². The molecule has 1 atom stereocenters. The highest BCUT2D eigenvalue weighted by molar-refractivity contribution is 9.10. The molecule has 0 saturated heterocycles. The highest BCUT2D eigenvalue weighted by Crippen LogP contribution is 2.34. The number of fused-ring (bicyclic) bond motifs is 1. The molecule has 0 fully saturated rings. The van der Waals surface area contributed by atoms with E-state index in [-0.39, 0.29) is 12.1 Å². The van der Waals surface area contributed by atoms with E-state index in [1.54, 1.807) is 12.3 Å². The van der Waals surface area contributed by atoms with Crippen LogP contribution in [0.5, 0.6) is 0 Å². The molecule has 2 aromatic rings. The summed E-state index contributed by atoms with van der Waals surface area (Å²) in [5.41, 5.74) is 7.32. The van der Waals surface area contributed by atoms with Crippen molar-refractivity contribution in [1.82, 2.24) is 4.57 Å². The predicted octanol–water partition coefficient (Wildman–Crippen LogP) is 2.29. The number of nitrogens with zero attached hydrogens (tertiary/aromatic N) is 2. The van der Waals surface area contributed by atoms with Crippen molar-refractivity contribution in [2.45, 2.75) is 12.5 Å². The van der Waals surface area contributed by atoms with Crippen LogP contribution in [0.4, 0.5) is 5.69 Å². The Balaban J connectivity index is 2.62. The van der Waals surface area contributed by atoms with Crippen LogP contribution < -0.4 is 5.73 Å². The number of carbonyl (C=O) groups is 1. The summed E-state index contributed by atoms with van der Waals surface area (Å²) in [4.78, 5) is 21.8. The van der Waals surface area contributed by atoms with E-state index in [1.165, 1.54) is 0 Å². The van der Waals surface area contributed by atoms with Gasteiger partial charge in [0.15, 0.2) is 0 Å². The minimum absolute atomic E-state index is 0.150. The fraction of sp³-hybridized carbons (Fsp3) is 0.250. The average Bonchev–Trinajstić information content (AvgIpc) is 2.65. The van der Waals surface area contributed by atoms with Crippen molar-refractivity contribution in [1.29, 1.82) is 0 Å². The van der Waals surface area contributed by atoms with Crippen molar-refractivity contribution in [3.8, 4) is 0 Å². The first-order valence-electron chi connectivity index (χ1n) is 5.53. The van der Waals surface area contributed by atoms with Gasteiger partial charge in [0.25, 0.3) is 0 Å². The van der Waals surface area contributed by atoms with Crippen molar-refractivity contribution in [3.63, 3.8) is 0 Å². The van der Waals surface area contributed by atoms with Crippen molar-refractivity contribution in [2.75, 3.05) is 0 Å². The molecule has 0 amide bonds. The van der Waals surface area contributed by atoms with Gasteiger partial charge in [-0.2, -0.15) is 0 Å². The van der Waals surface area contributed by atoms with E-state index in [2.05, 4.69) is 21.1 Å². The van der Waals surface area contributed by atoms with Crippen LogP contribution in [0.15, 0.2) is 28.0 Å². The van der Waals surface area contributed by atoms with Crippen LogP contribution in [-0.2, 0) is 18.3 Å². The molecular formula is C12H12BrN3O3. The van der Waals surface area contributed by atoms with E-state index in [4.69, 9.17) is 10.8 Å². The van der Waals surface area contributed by atoms with Crippen LogP contribution in [-0.4, -0.2) is 21.7 Å². The van der Waals surface area contributed by atoms with Crippen LogP contribution in [0.25, 0.3) is 10.9 Å². The zero-order valence-electron chi connectivity index (χ0n) is 10.1. The van der Waals surface area contributed by atoms with Gasteiger partial charge in [0.1, 0.15) is 11.7 Å². The second kappa shape index (κ2) is 5.10. The molecule has 1 aromatic carbocycles. The summed E-state index contributed by atoms with van der Waals surface area (Å²) in [5, 5.41) is 12.5. The molecule has 6 nitrogen and oxygen atoms in total. The van der Waals surface area contributed by atoms with Gasteiger partial charge in [-0.25, -0.2) is 0 Å². The Morgan fingerprint density at radius 1 is 1.58 bits per heavy atom. The summed E-state index contributed by atoms with van der Waals surface area (Å²) in [5.74, 6) is -1.07. The summed E-state index contributed by atoms with van der Waals surface area (Å²) < 4.78 is 2.56. The zero-order valence-corrected chi connectivity index (χ0v) is 11.7. The van der Waals surface area contributed by atoms with Gasteiger partial charge in [-0.1, -0.05) is 15.9 Å². The predicted molar refractivity (Wildman–Crippen MR) is 75.4 cm³/mol. The second-order valence-electron chi connectivity index (χ2n) is 4.32. The van der Waals surface area contributed by atoms with E-state index < -0.39 is 12.0 Å². The van der Waals surface area contributed by atoms with E-state index in [0.29, 0.717) is 10.9 Å². The first-order chi connectivity index (χ1) is 8.93. The maximum atomic E-state index is 10.9. The molecule has 1 unspecified atom stereocenters. The minimum atomic E-state index is -1.07. The number of benzene rings is 1. The number of nitrogens with two attached hydrogens (primary N) is 1. The van der Waals surface area contributed by atoms with E-state index in [9.17, 15) is 9.70 Å². The van der Waals surface area contributed by atoms with Crippen molar-refractivity contribution < 1.29 is 9.90 Å². The molecule has 0 bridgehead atoms.